The van der Waals surface area contributed by atoms with Crippen LogP contribution in [-0.4, -0.2) is 36.5 Å². The maximum atomic E-state index is 11.3. The second kappa shape index (κ2) is 4.30. The van der Waals surface area contributed by atoms with Crippen molar-refractivity contribution in [3.05, 3.63) is 0 Å². The molecule has 2 aliphatic rings. The fourth-order valence-corrected chi connectivity index (χ4v) is 2.74. The number of carbonyl (C=O) groups excluding carboxylic acids is 1. The van der Waals surface area contributed by atoms with Gasteiger partial charge in [-0.1, -0.05) is 0 Å². The third-order valence-electron chi connectivity index (χ3n) is 3.57. The molecular weight excluding hydrogens is 176 g/mol. The van der Waals surface area contributed by atoms with Gasteiger partial charge in [-0.2, -0.15) is 0 Å². The first-order chi connectivity index (χ1) is 6.77. The van der Waals surface area contributed by atoms with E-state index in [1.54, 1.807) is 6.92 Å². The normalized spacial score (nSPS) is 33.4. The van der Waals surface area contributed by atoms with Gasteiger partial charge >= 0.3 is 0 Å². The van der Waals surface area contributed by atoms with Crippen LogP contribution in [0.15, 0.2) is 0 Å². The highest BCUT2D eigenvalue weighted by Gasteiger charge is 2.29. The second-order valence-electron chi connectivity index (χ2n) is 4.57. The van der Waals surface area contributed by atoms with Gasteiger partial charge in [-0.3, -0.25) is 4.79 Å². The van der Waals surface area contributed by atoms with Crippen molar-refractivity contribution in [2.24, 2.45) is 5.92 Å². The zero-order valence-electron chi connectivity index (χ0n) is 8.96. The topological polar surface area (TPSA) is 32.3 Å². The molecule has 2 aliphatic heterocycles. The molecule has 0 aromatic heterocycles. The Balaban J connectivity index is 1.89. The molecule has 14 heavy (non-hydrogen) atoms. The molecule has 0 aromatic carbocycles. The first-order valence-electron chi connectivity index (χ1n) is 5.76. The molecule has 0 saturated carbocycles. The van der Waals surface area contributed by atoms with Gasteiger partial charge in [0.25, 0.3) is 0 Å². The lowest BCUT2D eigenvalue weighted by Gasteiger charge is -2.35. The molecule has 2 heterocycles. The van der Waals surface area contributed by atoms with Crippen LogP contribution in [0, 0.1) is 5.92 Å². The molecule has 0 aliphatic carbocycles. The Morgan fingerprint density at radius 1 is 1.36 bits per heavy atom. The molecule has 80 valence electrons. The number of hydrogen-bond donors (Lipinski definition) is 1. The summed E-state index contributed by atoms with van der Waals surface area (Å²) in [5.74, 6) is 0.947. The minimum Gasteiger partial charge on any atom is -0.343 e. The van der Waals surface area contributed by atoms with Crippen LogP contribution < -0.4 is 5.32 Å². The van der Waals surface area contributed by atoms with Crippen LogP contribution >= 0.6 is 0 Å². The summed E-state index contributed by atoms with van der Waals surface area (Å²) in [5, 5.41) is 3.55. The van der Waals surface area contributed by atoms with Crippen molar-refractivity contribution in [1.29, 1.82) is 0 Å². The Morgan fingerprint density at radius 3 is 2.86 bits per heavy atom. The number of nitrogens with one attached hydrogen (secondary N) is 1. The number of rotatable bonds is 1. The van der Waals surface area contributed by atoms with Gasteiger partial charge in [0, 0.05) is 26.1 Å². The molecule has 0 radical (unpaired) electrons. The second-order valence-corrected chi connectivity index (χ2v) is 4.57. The quantitative estimate of drug-likeness (QED) is 0.678. The van der Waals surface area contributed by atoms with Crippen molar-refractivity contribution in [3.8, 4) is 0 Å². The number of nitrogens with zero attached hydrogens (tertiary/aromatic N) is 1. The van der Waals surface area contributed by atoms with Crippen LogP contribution in [0.2, 0.25) is 0 Å². The van der Waals surface area contributed by atoms with E-state index in [4.69, 9.17) is 0 Å². The van der Waals surface area contributed by atoms with Crippen LogP contribution in [0.5, 0.6) is 0 Å². The Labute approximate surface area is 85.8 Å². The molecule has 1 amide bonds. The zero-order chi connectivity index (χ0) is 9.97. The van der Waals surface area contributed by atoms with Crippen LogP contribution in [0.25, 0.3) is 0 Å². The molecule has 2 atom stereocenters. The van der Waals surface area contributed by atoms with Crippen molar-refractivity contribution in [3.63, 3.8) is 0 Å². The summed E-state index contributed by atoms with van der Waals surface area (Å²) in [5.41, 5.74) is 0. The summed E-state index contributed by atoms with van der Waals surface area (Å²) in [4.78, 5) is 13.3. The third kappa shape index (κ3) is 2.08. The van der Waals surface area contributed by atoms with Gasteiger partial charge in [-0.05, 0) is 38.1 Å². The molecule has 1 N–H and O–H groups in total. The molecule has 0 spiro atoms. The molecule has 3 nitrogen and oxygen atoms in total. The number of amides is 1. The molecule has 0 aromatic rings. The average Bonchev–Trinajstić information content (AvgIpc) is 2.71. The van der Waals surface area contributed by atoms with Crippen molar-refractivity contribution in [2.75, 3.05) is 19.6 Å². The average molecular weight is 196 g/mol. The minimum absolute atomic E-state index is 0.243. The van der Waals surface area contributed by atoms with E-state index in [0.29, 0.717) is 12.0 Å². The zero-order valence-corrected chi connectivity index (χ0v) is 8.96. The molecule has 3 heteroatoms. The smallest absolute Gasteiger partial charge is 0.219 e. The molecule has 2 saturated heterocycles. The van der Waals surface area contributed by atoms with E-state index < -0.39 is 0 Å². The summed E-state index contributed by atoms with van der Waals surface area (Å²) in [6.45, 7) is 4.80. The largest absolute Gasteiger partial charge is 0.343 e. The fourth-order valence-electron chi connectivity index (χ4n) is 2.74. The highest BCUT2D eigenvalue weighted by molar-refractivity contribution is 5.73. The van der Waals surface area contributed by atoms with Gasteiger partial charge in [0.15, 0.2) is 0 Å². The predicted octanol–water partition coefficient (Wildman–Crippen LogP) is 0.997. The highest BCUT2D eigenvalue weighted by Crippen LogP contribution is 2.24. The maximum absolute atomic E-state index is 11.3. The van der Waals surface area contributed by atoms with Gasteiger partial charge in [-0.15, -0.1) is 0 Å². The van der Waals surface area contributed by atoms with Crippen LogP contribution in [-0.2, 0) is 4.79 Å². The Hall–Kier alpha value is -0.570. The number of likely N-dealkylation sites (tertiary alicyclic amines) is 1. The Bertz CT molecular complexity index is 211. The predicted molar refractivity (Wildman–Crippen MR) is 56.0 cm³/mol. The number of carbonyl (C=O) groups is 1. The highest BCUT2D eigenvalue weighted by atomic mass is 16.2. The lowest BCUT2D eigenvalue weighted by atomic mass is 9.90. The number of hydrogen-bond acceptors (Lipinski definition) is 2. The van der Waals surface area contributed by atoms with E-state index in [0.717, 1.165) is 13.1 Å². The van der Waals surface area contributed by atoms with Crippen LogP contribution in [0.1, 0.15) is 32.6 Å². The fraction of sp³-hybridized carbons (Fsp3) is 0.909. The van der Waals surface area contributed by atoms with Gasteiger partial charge in [0.05, 0.1) is 0 Å². The van der Waals surface area contributed by atoms with Gasteiger partial charge < -0.3 is 10.2 Å². The summed E-state index contributed by atoms with van der Waals surface area (Å²) in [6.07, 6.45) is 5.08. The lowest BCUT2D eigenvalue weighted by Crippen LogP contribution is -2.45. The van der Waals surface area contributed by atoms with E-state index in [9.17, 15) is 4.79 Å². The summed E-state index contributed by atoms with van der Waals surface area (Å²) >= 11 is 0. The monoisotopic (exact) mass is 196 g/mol. The van der Waals surface area contributed by atoms with E-state index in [-0.39, 0.29) is 5.91 Å². The van der Waals surface area contributed by atoms with Crippen molar-refractivity contribution in [1.82, 2.24) is 10.2 Å². The molecular formula is C11H20N2O. The Morgan fingerprint density at radius 2 is 2.21 bits per heavy atom. The van der Waals surface area contributed by atoms with Gasteiger partial charge in [0.2, 0.25) is 5.91 Å². The standard InChI is InChI=1S/C11H20N2O/c1-9(14)13-7-3-4-10(8-13)11-5-2-6-12-11/h10-12H,2-8H2,1H3. The maximum Gasteiger partial charge on any atom is 0.219 e. The summed E-state index contributed by atoms with van der Waals surface area (Å²) in [6, 6.07) is 0.678. The molecule has 2 unspecified atom stereocenters. The van der Waals surface area contributed by atoms with Gasteiger partial charge in [-0.25, -0.2) is 0 Å². The van der Waals surface area contributed by atoms with Crippen LogP contribution in [0.4, 0.5) is 0 Å². The summed E-state index contributed by atoms with van der Waals surface area (Å²) < 4.78 is 0. The first kappa shape index (κ1) is 9.97. The summed E-state index contributed by atoms with van der Waals surface area (Å²) in [7, 11) is 0. The SMILES string of the molecule is CC(=O)N1CCCC(C2CCCN2)C1. The number of piperidine rings is 1. The van der Waals surface area contributed by atoms with Crippen LogP contribution in [0.3, 0.4) is 0 Å². The van der Waals surface area contributed by atoms with E-state index >= 15 is 0 Å². The van der Waals surface area contributed by atoms with Gasteiger partial charge in [0.1, 0.15) is 0 Å². The molecule has 2 rings (SSSR count). The first-order valence-corrected chi connectivity index (χ1v) is 5.76. The molecule has 0 bridgehead atoms. The van der Waals surface area contributed by atoms with Crippen molar-refractivity contribution < 1.29 is 4.79 Å². The molecule has 2 fully saturated rings. The Kier molecular flexibility index (Phi) is 3.06. The minimum atomic E-state index is 0.243. The van der Waals surface area contributed by atoms with E-state index in [1.807, 2.05) is 4.90 Å². The lowest BCUT2D eigenvalue weighted by molar-refractivity contribution is -0.130. The van der Waals surface area contributed by atoms with E-state index in [1.165, 1.54) is 32.2 Å². The van der Waals surface area contributed by atoms with Crippen molar-refractivity contribution >= 4 is 5.91 Å². The third-order valence-corrected chi connectivity index (χ3v) is 3.57. The van der Waals surface area contributed by atoms with Crippen molar-refractivity contribution in [2.45, 2.75) is 38.6 Å². The van der Waals surface area contributed by atoms with E-state index in [2.05, 4.69) is 5.32 Å².